The van der Waals surface area contributed by atoms with E-state index in [0.29, 0.717) is 6.42 Å². The van der Waals surface area contributed by atoms with Gasteiger partial charge in [-0.2, -0.15) is 11.8 Å². The van der Waals surface area contributed by atoms with Crippen molar-refractivity contribution < 1.29 is 9.90 Å². The standard InChI is InChI=1S/C10H19NO2S/c1-14-7-4-9(8-10(12)13)11-5-2-3-6-11/h9H,2-8H2,1H3,(H,12,13). The molecule has 1 fully saturated rings. The second-order valence-corrected chi connectivity index (χ2v) is 4.76. The smallest absolute Gasteiger partial charge is 0.304 e. The Morgan fingerprint density at radius 3 is 2.64 bits per heavy atom. The van der Waals surface area contributed by atoms with E-state index in [-0.39, 0.29) is 6.04 Å². The highest BCUT2D eigenvalue weighted by Gasteiger charge is 2.23. The summed E-state index contributed by atoms with van der Waals surface area (Å²) in [5.41, 5.74) is 0. The average Bonchev–Trinajstić information content (AvgIpc) is 2.64. The van der Waals surface area contributed by atoms with Gasteiger partial charge in [-0.15, -0.1) is 0 Å². The Balaban J connectivity index is 2.37. The number of nitrogens with zero attached hydrogens (tertiary/aromatic N) is 1. The fraction of sp³-hybridized carbons (Fsp3) is 0.900. The molecular weight excluding hydrogens is 198 g/mol. The summed E-state index contributed by atoms with van der Waals surface area (Å²) in [6, 6.07) is 0.266. The van der Waals surface area contributed by atoms with Crippen LogP contribution in [0, 0.1) is 0 Å². The van der Waals surface area contributed by atoms with Crippen LogP contribution in [0.3, 0.4) is 0 Å². The van der Waals surface area contributed by atoms with E-state index in [9.17, 15) is 4.79 Å². The molecule has 14 heavy (non-hydrogen) atoms. The molecular formula is C10H19NO2S. The lowest BCUT2D eigenvalue weighted by molar-refractivity contribution is -0.138. The normalized spacial score (nSPS) is 19.8. The minimum absolute atomic E-state index is 0.266. The molecule has 0 aromatic heterocycles. The van der Waals surface area contributed by atoms with Gasteiger partial charge in [-0.05, 0) is 44.4 Å². The van der Waals surface area contributed by atoms with Crippen LogP contribution in [-0.4, -0.2) is 47.1 Å². The second kappa shape index (κ2) is 6.30. The Bertz CT molecular complexity index is 181. The Hall–Kier alpha value is -0.220. The van der Waals surface area contributed by atoms with Crippen molar-refractivity contribution in [3.8, 4) is 0 Å². The second-order valence-electron chi connectivity index (χ2n) is 3.78. The molecule has 1 aliphatic heterocycles. The molecule has 1 N–H and O–H groups in total. The number of likely N-dealkylation sites (tertiary alicyclic amines) is 1. The van der Waals surface area contributed by atoms with Gasteiger partial charge in [0.25, 0.3) is 0 Å². The van der Waals surface area contributed by atoms with Crippen molar-refractivity contribution in [3.63, 3.8) is 0 Å². The van der Waals surface area contributed by atoms with Crippen LogP contribution in [0.2, 0.25) is 0 Å². The molecule has 1 saturated heterocycles. The van der Waals surface area contributed by atoms with Crippen LogP contribution < -0.4 is 0 Å². The summed E-state index contributed by atoms with van der Waals surface area (Å²) in [6.45, 7) is 2.18. The largest absolute Gasteiger partial charge is 0.481 e. The van der Waals surface area contributed by atoms with Crippen molar-refractivity contribution >= 4 is 17.7 Å². The maximum absolute atomic E-state index is 10.7. The van der Waals surface area contributed by atoms with Gasteiger partial charge in [-0.1, -0.05) is 0 Å². The Labute approximate surface area is 89.9 Å². The SMILES string of the molecule is CSCCC(CC(=O)O)N1CCCC1. The fourth-order valence-electron chi connectivity index (χ4n) is 1.98. The molecule has 1 atom stereocenters. The van der Waals surface area contributed by atoms with Crippen molar-refractivity contribution in [3.05, 3.63) is 0 Å². The molecule has 4 heteroatoms. The average molecular weight is 217 g/mol. The third kappa shape index (κ3) is 3.88. The zero-order valence-corrected chi connectivity index (χ0v) is 9.55. The first-order valence-corrected chi connectivity index (χ1v) is 6.58. The van der Waals surface area contributed by atoms with Gasteiger partial charge in [-0.25, -0.2) is 0 Å². The van der Waals surface area contributed by atoms with Crippen LogP contribution in [0.25, 0.3) is 0 Å². The van der Waals surface area contributed by atoms with E-state index in [2.05, 4.69) is 11.2 Å². The molecule has 0 radical (unpaired) electrons. The lowest BCUT2D eigenvalue weighted by Gasteiger charge is -2.25. The number of rotatable bonds is 6. The number of aliphatic carboxylic acids is 1. The Morgan fingerprint density at radius 2 is 2.14 bits per heavy atom. The zero-order valence-electron chi connectivity index (χ0n) is 8.74. The predicted octanol–water partition coefficient (Wildman–Crippen LogP) is 1.68. The van der Waals surface area contributed by atoms with Gasteiger partial charge >= 0.3 is 5.97 Å². The number of hydrogen-bond acceptors (Lipinski definition) is 3. The van der Waals surface area contributed by atoms with Gasteiger partial charge in [0.2, 0.25) is 0 Å². The maximum atomic E-state index is 10.7. The molecule has 0 spiro atoms. The molecule has 1 aliphatic rings. The summed E-state index contributed by atoms with van der Waals surface area (Å²) in [4.78, 5) is 13.0. The van der Waals surface area contributed by atoms with Gasteiger partial charge < -0.3 is 5.11 Å². The van der Waals surface area contributed by atoms with Crippen LogP contribution in [0.1, 0.15) is 25.7 Å². The lowest BCUT2D eigenvalue weighted by Crippen LogP contribution is -2.35. The van der Waals surface area contributed by atoms with Crippen LogP contribution in [0.15, 0.2) is 0 Å². The fourth-order valence-corrected chi connectivity index (χ4v) is 2.48. The highest BCUT2D eigenvalue weighted by atomic mass is 32.2. The third-order valence-corrected chi connectivity index (χ3v) is 3.37. The van der Waals surface area contributed by atoms with E-state index in [1.807, 2.05) is 0 Å². The number of carbonyl (C=O) groups is 1. The minimum Gasteiger partial charge on any atom is -0.481 e. The van der Waals surface area contributed by atoms with Crippen LogP contribution in [-0.2, 0) is 4.79 Å². The predicted molar refractivity (Wildman–Crippen MR) is 59.8 cm³/mol. The quantitative estimate of drug-likeness (QED) is 0.735. The molecule has 0 aliphatic carbocycles. The van der Waals surface area contributed by atoms with E-state index in [0.717, 1.165) is 25.3 Å². The van der Waals surface area contributed by atoms with Crippen molar-refractivity contribution in [2.75, 3.05) is 25.1 Å². The molecule has 0 bridgehead atoms. The van der Waals surface area contributed by atoms with Crippen LogP contribution in [0.5, 0.6) is 0 Å². The summed E-state index contributed by atoms with van der Waals surface area (Å²) in [5, 5.41) is 8.81. The van der Waals surface area contributed by atoms with Gasteiger partial charge in [0.05, 0.1) is 6.42 Å². The molecule has 0 aromatic carbocycles. The number of carboxylic acid groups (broad SMARTS) is 1. The molecule has 0 saturated carbocycles. The third-order valence-electron chi connectivity index (χ3n) is 2.72. The van der Waals surface area contributed by atoms with Crippen molar-refractivity contribution in [2.24, 2.45) is 0 Å². The van der Waals surface area contributed by atoms with Gasteiger partial charge in [-0.3, -0.25) is 9.69 Å². The van der Waals surface area contributed by atoms with Crippen LogP contribution >= 0.6 is 11.8 Å². The number of carboxylic acids is 1. The molecule has 0 amide bonds. The summed E-state index contributed by atoms with van der Waals surface area (Å²) >= 11 is 1.80. The highest BCUT2D eigenvalue weighted by Crippen LogP contribution is 2.18. The molecule has 3 nitrogen and oxygen atoms in total. The van der Waals surface area contributed by atoms with E-state index in [1.54, 1.807) is 11.8 Å². The van der Waals surface area contributed by atoms with Gasteiger partial charge in [0.15, 0.2) is 0 Å². The van der Waals surface area contributed by atoms with E-state index in [4.69, 9.17) is 5.11 Å². The van der Waals surface area contributed by atoms with Gasteiger partial charge in [0.1, 0.15) is 0 Å². The topological polar surface area (TPSA) is 40.5 Å². The summed E-state index contributed by atoms with van der Waals surface area (Å²) < 4.78 is 0. The Morgan fingerprint density at radius 1 is 1.50 bits per heavy atom. The zero-order chi connectivity index (χ0) is 10.4. The van der Waals surface area contributed by atoms with Gasteiger partial charge in [0, 0.05) is 6.04 Å². The monoisotopic (exact) mass is 217 g/mol. The summed E-state index contributed by atoms with van der Waals surface area (Å²) in [7, 11) is 0. The van der Waals surface area contributed by atoms with E-state index in [1.165, 1.54) is 12.8 Å². The first kappa shape index (κ1) is 11.9. The Kier molecular flexibility index (Phi) is 5.33. The van der Waals surface area contributed by atoms with E-state index < -0.39 is 5.97 Å². The van der Waals surface area contributed by atoms with Crippen molar-refractivity contribution in [2.45, 2.75) is 31.7 Å². The summed E-state index contributed by atoms with van der Waals surface area (Å²) in [6.07, 6.45) is 5.85. The molecule has 82 valence electrons. The minimum atomic E-state index is -0.664. The number of thioether (sulfide) groups is 1. The lowest BCUT2D eigenvalue weighted by atomic mass is 10.1. The number of hydrogen-bond donors (Lipinski definition) is 1. The van der Waals surface area contributed by atoms with Crippen molar-refractivity contribution in [1.29, 1.82) is 0 Å². The molecule has 1 rings (SSSR count). The highest BCUT2D eigenvalue weighted by molar-refractivity contribution is 7.98. The first-order valence-electron chi connectivity index (χ1n) is 5.19. The first-order chi connectivity index (χ1) is 6.74. The van der Waals surface area contributed by atoms with E-state index >= 15 is 0 Å². The van der Waals surface area contributed by atoms with Crippen molar-refractivity contribution in [1.82, 2.24) is 4.90 Å². The molecule has 1 unspecified atom stereocenters. The molecule has 1 heterocycles. The maximum Gasteiger partial charge on any atom is 0.304 e. The van der Waals surface area contributed by atoms with Crippen LogP contribution in [0.4, 0.5) is 0 Å². The summed E-state index contributed by atoms with van der Waals surface area (Å²) in [5.74, 6) is 0.400. The molecule has 0 aromatic rings.